The monoisotopic (exact) mass is 319 g/mol. The number of ether oxygens (including phenoxy) is 2. The number of hydrogen-bond acceptors (Lipinski definition) is 4. The normalized spacial score (nSPS) is 16.5. The fourth-order valence-corrected chi connectivity index (χ4v) is 2.67. The minimum absolute atomic E-state index is 0.210. The third-order valence-corrected chi connectivity index (χ3v) is 3.83. The first-order chi connectivity index (χ1) is 11.7. The van der Waals surface area contributed by atoms with Crippen LogP contribution in [0, 0.1) is 0 Å². The molecule has 2 aliphatic rings. The zero-order valence-electron chi connectivity index (χ0n) is 12.6. The summed E-state index contributed by atoms with van der Waals surface area (Å²) in [7, 11) is 0. The lowest BCUT2D eigenvalue weighted by Gasteiger charge is -1.97. The van der Waals surface area contributed by atoms with Crippen molar-refractivity contribution in [3.63, 3.8) is 0 Å². The summed E-state index contributed by atoms with van der Waals surface area (Å²) in [5, 5.41) is 2.74. The highest BCUT2D eigenvalue weighted by atomic mass is 16.7. The van der Waals surface area contributed by atoms with Gasteiger partial charge in [-0.25, -0.2) is 0 Å². The first-order valence-electron chi connectivity index (χ1n) is 7.45. The van der Waals surface area contributed by atoms with Crippen molar-refractivity contribution < 1.29 is 19.1 Å². The van der Waals surface area contributed by atoms with Gasteiger partial charge in [-0.2, -0.15) is 0 Å². The van der Waals surface area contributed by atoms with E-state index in [-0.39, 0.29) is 18.5 Å². The molecular formula is C19H13NO4. The number of anilines is 1. The molecule has 0 spiro atoms. The Kier molecular flexibility index (Phi) is 3.39. The first kappa shape index (κ1) is 14.3. The highest BCUT2D eigenvalue weighted by Gasteiger charge is 2.23. The van der Waals surface area contributed by atoms with E-state index in [0.29, 0.717) is 17.1 Å². The molecule has 2 heterocycles. The molecule has 0 saturated heterocycles. The number of rotatable bonds is 3. The molecule has 118 valence electrons. The SMILES string of the molecule is O=C(/C=C/c1ccc2c(c1)OCO2)/C=C1/C(=O)Nc2ccccc21. The Morgan fingerprint density at radius 3 is 2.83 bits per heavy atom. The number of ketones is 1. The van der Waals surface area contributed by atoms with Crippen molar-refractivity contribution >= 4 is 29.0 Å². The number of nitrogens with one attached hydrogen (secondary N) is 1. The third-order valence-electron chi connectivity index (χ3n) is 3.83. The molecule has 0 bridgehead atoms. The maximum Gasteiger partial charge on any atom is 0.256 e. The van der Waals surface area contributed by atoms with Gasteiger partial charge in [-0.1, -0.05) is 30.3 Å². The summed E-state index contributed by atoms with van der Waals surface area (Å²) in [6.07, 6.45) is 4.46. The van der Waals surface area contributed by atoms with Gasteiger partial charge in [-0.05, 0) is 35.9 Å². The standard InChI is InChI=1S/C19H13NO4/c21-13(7-5-12-6-8-17-18(9-12)24-11-23-17)10-15-14-3-1-2-4-16(14)20-19(15)22/h1-10H,11H2,(H,20,22)/b7-5+,15-10+. The molecule has 5 nitrogen and oxygen atoms in total. The van der Waals surface area contributed by atoms with Crippen molar-refractivity contribution in [3.05, 3.63) is 65.7 Å². The van der Waals surface area contributed by atoms with Crippen LogP contribution in [0.1, 0.15) is 11.1 Å². The molecule has 2 aromatic rings. The highest BCUT2D eigenvalue weighted by molar-refractivity contribution is 6.34. The lowest BCUT2D eigenvalue weighted by atomic mass is 10.1. The number of carbonyl (C=O) groups is 2. The summed E-state index contributed by atoms with van der Waals surface area (Å²) >= 11 is 0. The second kappa shape index (κ2) is 5.70. The zero-order valence-corrected chi connectivity index (χ0v) is 12.6. The highest BCUT2D eigenvalue weighted by Crippen LogP contribution is 2.33. The van der Waals surface area contributed by atoms with E-state index in [0.717, 1.165) is 16.8 Å². The van der Waals surface area contributed by atoms with Crippen molar-refractivity contribution in [3.8, 4) is 11.5 Å². The van der Waals surface area contributed by atoms with Crippen molar-refractivity contribution in [2.75, 3.05) is 12.1 Å². The van der Waals surface area contributed by atoms with Gasteiger partial charge in [0.15, 0.2) is 17.3 Å². The summed E-state index contributed by atoms with van der Waals surface area (Å²) in [5.74, 6) is 0.836. The minimum Gasteiger partial charge on any atom is -0.454 e. The number of para-hydroxylation sites is 1. The Morgan fingerprint density at radius 1 is 1.08 bits per heavy atom. The van der Waals surface area contributed by atoms with Crippen LogP contribution < -0.4 is 14.8 Å². The predicted molar refractivity (Wildman–Crippen MR) is 89.7 cm³/mol. The van der Waals surface area contributed by atoms with Crippen LogP contribution in [0.4, 0.5) is 5.69 Å². The molecule has 1 amide bonds. The van der Waals surface area contributed by atoms with E-state index in [2.05, 4.69) is 5.32 Å². The number of fused-ring (bicyclic) bond motifs is 2. The van der Waals surface area contributed by atoms with Gasteiger partial charge in [0.2, 0.25) is 6.79 Å². The Morgan fingerprint density at radius 2 is 1.92 bits per heavy atom. The van der Waals surface area contributed by atoms with Crippen molar-refractivity contribution in [2.45, 2.75) is 0 Å². The van der Waals surface area contributed by atoms with Gasteiger partial charge in [0.05, 0.1) is 5.57 Å². The topological polar surface area (TPSA) is 64.6 Å². The van der Waals surface area contributed by atoms with Gasteiger partial charge in [0.25, 0.3) is 5.91 Å². The second-order valence-corrected chi connectivity index (χ2v) is 5.41. The molecule has 2 aromatic carbocycles. The molecule has 0 atom stereocenters. The minimum atomic E-state index is -0.263. The second-order valence-electron chi connectivity index (χ2n) is 5.41. The van der Waals surface area contributed by atoms with Gasteiger partial charge in [-0.3, -0.25) is 9.59 Å². The Labute approximate surface area is 138 Å². The lowest BCUT2D eigenvalue weighted by molar-refractivity contribution is -0.112. The summed E-state index contributed by atoms with van der Waals surface area (Å²) < 4.78 is 10.5. The van der Waals surface area contributed by atoms with Crippen LogP contribution in [0.2, 0.25) is 0 Å². The molecule has 0 saturated carbocycles. The smallest absolute Gasteiger partial charge is 0.256 e. The van der Waals surface area contributed by atoms with E-state index in [1.807, 2.05) is 24.3 Å². The van der Waals surface area contributed by atoms with Crippen LogP contribution in [-0.4, -0.2) is 18.5 Å². The average Bonchev–Trinajstić information content (AvgIpc) is 3.17. The van der Waals surface area contributed by atoms with E-state index in [1.54, 1.807) is 24.3 Å². The molecule has 4 rings (SSSR count). The fourth-order valence-electron chi connectivity index (χ4n) is 2.67. The Hall–Kier alpha value is -3.34. The molecule has 0 unspecified atom stereocenters. The molecule has 1 N–H and O–H groups in total. The lowest BCUT2D eigenvalue weighted by Crippen LogP contribution is -2.05. The molecule has 5 heteroatoms. The molecular weight excluding hydrogens is 306 g/mol. The summed E-state index contributed by atoms with van der Waals surface area (Å²) in [4.78, 5) is 24.1. The van der Waals surface area contributed by atoms with Crippen molar-refractivity contribution in [2.24, 2.45) is 0 Å². The van der Waals surface area contributed by atoms with Crippen LogP contribution in [-0.2, 0) is 9.59 Å². The molecule has 0 radical (unpaired) electrons. The Bertz CT molecular complexity index is 911. The number of amides is 1. The van der Waals surface area contributed by atoms with E-state index >= 15 is 0 Å². The first-order valence-corrected chi connectivity index (χ1v) is 7.45. The summed E-state index contributed by atoms with van der Waals surface area (Å²) in [5.41, 5.74) is 2.67. The van der Waals surface area contributed by atoms with Crippen molar-refractivity contribution in [1.29, 1.82) is 0 Å². The quantitative estimate of drug-likeness (QED) is 0.883. The van der Waals surface area contributed by atoms with Crippen LogP contribution in [0.5, 0.6) is 11.5 Å². The van der Waals surface area contributed by atoms with E-state index in [1.165, 1.54) is 12.2 Å². The number of allylic oxidation sites excluding steroid dienone is 2. The van der Waals surface area contributed by atoms with Crippen molar-refractivity contribution in [1.82, 2.24) is 0 Å². The molecule has 24 heavy (non-hydrogen) atoms. The molecule has 0 fully saturated rings. The van der Waals surface area contributed by atoms with Crippen LogP contribution in [0.15, 0.2) is 54.6 Å². The predicted octanol–water partition coefficient (Wildman–Crippen LogP) is 3.03. The van der Waals surface area contributed by atoms with Crippen LogP contribution in [0.3, 0.4) is 0 Å². The maximum atomic E-state index is 12.2. The molecule has 0 aliphatic carbocycles. The summed E-state index contributed by atoms with van der Waals surface area (Å²) in [6, 6.07) is 12.7. The van der Waals surface area contributed by atoms with Gasteiger partial charge in [0, 0.05) is 11.3 Å². The average molecular weight is 319 g/mol. The number of carbonyl (C=O) groups excluding carboxylic acids is 2. The van der Waals surface area contributed by atoms with Crippen LogP contribution >= 0.6 is 0 Å². The van der Waals surface area contributed by atoms with E-state index in [9.17, 15) is 9.59 Å². The van der Waals surface area contributed by atoms with Gasteiger partial charge < -0.3 is 14.8 Å². The van der Waals surface area contributed by atoms with E-state index < -0.39 is 0 Å². The maximum absolute atomic E-state index is 12.2. The fraction of sp³-hybridized carbons (Fsp3) is 0.0526. The van der Waals surface area contributed by atoms with E-state index in [4.69, 9.17) is 9.47 Å². The third kappa shape index (κ3) is 2.56. The van der Waals surface area contributed by atoms with Gasteiger partial charge >= 0.3 is 0 Å². The molecule has 0 aromatic heterocycles. The van der Waals surface area contributed by atoms with Gasteiger partial charge in [0.1, 0.15) is 0 Å². The Balaban J connectivity index is 1.55. The zero-order chi connectivity index (χ0) is 16.5. The van der Waals surface area contributed by atoms with Crippen LogP contribution in [0.25, 0.3) is 11.6 Å². The molecule has 2 aliphatic heterocycles. The number of benzene rings is 2. The number of hydrogen-bond donors (Lipinski definition) is 1. The summed E-state index contributed by atoms with van der Waals surface area (Å²) in [6.45, 7) is 0.210. The van der Waals surface area contributed by atoms with Gasteiger partial charge in [-0.15, -0.1) is 0 Å². The largest absolute Gasteiger partial charge is 0.454 e.